The van der Waals surface area contributed by atoms with Crippen molar-refractivity contribution in [2.45, 2.75) is 24.3 Å². The van der Waals surface area contributed by atoms with Crippen LogP contribution in [0.25, 0.3) is 0 Å². The third-order valence-corrected chi connectivity index (χ3v) is 6.97. The number of ether oxygens (including phenoxy) is 1. The Hall–Kier alpha value is -3.36. The van der Waals surface area contributed by atoms with Gasteiger partial charge in [-0.15, -0.1) is 0 Å². The first kappa shape index (κ1) is 25.3. The molecule has 1 atom stereocenters. The van der Waals surface area contributed by atoms with Gasteiger partial charge >= 0.3 is 0 Å². The summed E-state index contributed by atoms with van der Waals surface area (Å²) in [6, 6.07) is 21.0. The summed E-state index contributed by atoms with van der Waals surface area (Å²) in [6.07, 6.45) is 0.967. The first-order valence-electron chi connectivity index (χ1n) is 11.0. The van der Waals surface area contributed by atoms with Crippen molar-refractivity contribution in [1.29, 1.82) is 0 Å². The summed E-state index contributed by atoms with van der Waals surface area (Å²) in [4.78, 5) is 14.9. The second-order valence-corrected chi connectivity index (χ2v) is 9.80. The smallest absolute Gasteiger partial charge is 0.262 e. The fraction of sp³-hybridized carbons (Fsp3) is 0.269. The van der Waals surface area contributed by atoms with Crippen molar-refractivity contribution in [2.24, 2.45) is 0 Å². The Bertz CT molecular complexity index is 1220. The Balaban J connectivity index is 1.74. The zero-order valence-corrected chi connectivity index (χ0v) is 20.7. The van der Waals surface area contributed by atoms with E-state index in [1.807, 2.05) is 19.0 Å². The molecule has 0 spiro atoms. The number of hydrogen-bond donors (Lipinski definition) is 2. The quantitative estimate of drug-likeness (QED) is 0.455. The van der Waals surface area contributed by atoms with Gasteiger partial charge in [0.1, 0.15) is 5.75 Å². The number of para-hydroxylation sites is 2. The van der Waals surface area contributed by atoms with E-state index in [4.69, 9.17) is 4.74 Å². The summed E-state index contributed by atoms with van der Waals surface area (Å²) in [5.41, 5.74) is 2.94. The summed E-state index contributed by atoms with van der Waals surface area (Å²) in [6.45, 7) is 2.49. The molecule has 0 aromatic heterocycles. The van der Waals surface area contributed by atoms with Gasteiger partial charge in [0.2, 0.25) is 0 Å². The van der Waals surface area contributed by atoms with Gasteiger partial charge in [0, 0.05) is 12.1 Å². The number of aryl methyl sites for hydroxylation is 1. The van der Waals surface area contributed by atoms with Crippen molar-refractivity contribution in [3.63, 3.8) is 0 Å². The summed E-state index contributed by atoms with van der Waals surface area (Å²) in [5, 5.41) is 2.94. The molecule has 0 radical (unpaired) electrons. The first-order valence-corrected chi connectivity index (χ1v) is 12.5. The van der Waals surface area contributed by atoms with Crippen molar-refractivity contribution in [3.05, 3.63) is 89.5 Å². The predicted octanol–water partition coefficient (Wildman–Crippen LogP) is 4.09. The molecule has 0 aliphatic heterocycles. The molecule has 1 amide bonds. The fourth-order valence-electron chi connectivity index (χ4n) is 3.60. The zero-order valence-electron chi connectivity index (χ0n) is 19.9. The monoisotopic (exact) mass is 481 g/mol. The number of anilines is 1. The van der Waals surface area contributed by atoms with E-state index < -0.39 is 10.0 Å². The lowest BCUT2D eigenvalue weighted by atomic mass is 10.0. The number of likely N-dealkylation sites (N-methyl/N-ethyl adjacent to an activating group) is 1. The molecule has 7 nitrogen and oxygen atoms in total. The van der Waals surface area contributed by atoms with Gasteiger partial charge < -0.3 is 15.0 Å². The molecule has 0 fully saturated rings. The van der Waals surface area contributed by atoms with Gasteiger partial charge in [0.15, 0.2) is 0 Å². The Labute approximate surface area is 201 Å². The summed E-state index contributed by atoms with van der Waals surface area (Å²) in [5.74, 6) is 0.0630. The zero-order chi connectivity index (χ0) is 24.7. The molecule has 180 valence electrons. The number of nitrogens with zero attached hydrogens (tertiary/aromatic N) is 1. The number of amides is 1. The van der Waals surface area contributed by atoms with Gasteiger partial charge in [-0.05, 0) is 62.0 Å². The maximum atomic E-state index is 12.9. The number of rotatable bonds is 10. The maximum absolute atomic E-state index is 12.9. The van der Waals surface area contributed by atoms with E-state index in [1.54, 1.807) is 36.4 Å². The summed E-state index contributed by atoms with van der Waals surface area (Å²) >= 11 is 0. The maximum Gasteiger partial charge on any atom is 0.262 e. The van der Waals surface area contributed by atoms with Crippen molar-refractivity contribution in [2.75, 3.05) is 32.5 Å². The summed E-state index contributed by atoms with van der Waals surface area (Å²) in [7, 11) is 1.47. The molecule has 34 heavy (non-hydrogen) atoms. The highest BCUT2D eigenvalue weighted by Crippen LogP contribution is 2.26. The van der Waals surface area contributed by atoms with Crippen LogP contribution in [-0.2, 0) is 16.4 Å². The lowest BCUT2D eigenvalue weighted by Gasteiger charge is -2.25. The SMILES string of the molecule is CCc1ccc([C@H](CNC(=O)c2cccc(S(=O)(=O)Nc3ccccc3OC)c2)N(C)C)cc1. The molecule has 0 unspecified atom stereocenters. The average molecular weight is 482 g/mol. The molecule has 2 N–H and O–H groups in total. The Morgan fingerprint density at radius 1 is 1.00 bits per heavy atom. The van der Waals surface area contributed by atoms with Crippen LogP contribution in [0.4, 0.5) is 5.69 Å². The first-order chi connectivity index (χ1) is 16.2. The molecule has 0 heterocycles. The number of nitrogens with one attached hydrogen (secondary N) is 2. The third-order valence-electron chi connectivity index (χ3n) is 5.61. The minimum absolute atomic E-state index is 0.00892. The number of carbonyl (C=O) groups is 1. The highest BCUT2D eigenvalue weighted by atomic mass is 32.2. The van der Waals surface area contributed by atoms with E-state index in [2.05, 4.69) is 41.2 Å². The van der Waals surface area contributed by atoms with E-state index >= 15 is 0 Å². The van der Waals surface area contributed by atoms with Gasteiger partial charge in [0.05, 0.1) is 23.7 Å². The second-order valence-electron chi connectivity index (χ2n) is 8.12. The van der Waals surface area contributed by atoms with Crippen molar-refractivity contribution < 1.29 is 17.9 Å². The second kappa shape index (κ2) is 11.2. The van der Waals surface area contributed by atoms with Gasteiger partial charge in [-0.3, -0.25) is 9.52 Å². The van der Waals surface area contributed by atoms with Crippen molar-refractivity contribution in [1.82, 2.24) is 10.2 Å². The number of methoxy groups -OCH3 is 1. The van der Waals surface area contributed by atoms with Gasteiger partial charge in [-0.2, -0.15) is 0 Å². The average Bonchev–Trinajstić information content (AvgIpc) is 2.84. The van der Waals surface area contributed by atoms with Gasteiger partial charge in [0.25, 0.3) is 15.9 Å². The number of carbonyl (C=O) groups excluding carboxylic acids is 1. The normalized spacial score (nSPS) is 12.3. The Morgan fingerprint density at radius 2 is 1.71 bits per heavy atom. The Morgan fingerprint density at radius 3 is 2.35 bits per heavy atom. The Kier molecular flexibility index (Phi) is 8.31. The van der Waals surface area contributed by atoms with Crippen LogP contribution in [0.15, 0.2) is 77.7 Å². The molecule has 8 heteroatoms. The molecule has 3 rings (SSSR count). The molecule has 0 bridgehead atoms. The van der Waals surface area contributed by atoms with Crippen LogP contribution < -0.4 is 14.8 Å². The third kappa shape index (κ3) is 6.15. The van der Waals surface area contributed by atoms with Crippen molar-refractivity contribution in [3.8, 4) is 5.75 Å². The molecule has 3 aromatic carbocycles. The van der Waals surface area contributed by atoms with E-state index in [0.29, 0.717) is 18.0 Å². The minimum Gasteiger partial charge on any atom is -0.495 e. The van der Waals surface area contributed by atoms with Gasteiger partial charge in [-0.25, -0.2) is 8.42 Å². The van der Waals surface area contributed by atoms with E-state index in [0.717, 1.165) is 12.0 Å². The van der Waals surface area contributed by atoms with Crippen LogP contribution in [0, 0.1) is 0 Å². The van der Waals surface area contributed by atoms with Crippen LogP contribution in [0.3, 0.4) is 0 Å². The van der Waals surface area contributed by atoms with Crippen LogP contribution >= 0.6 is 0 Å². The number of benzene rings is 3. The van der Waals surface area contributed by atoms with Gasteiger partial charge in [-0.1, -0.05) is 49.4 Å². The molecule has 0 aliphatic carbocycles. The van der Waals surface area contributed by atoms with Crippen LogP contribution in [-0.4, -0.2) is 47.0 Å². The number of sulfonamides is 1. The van der Waals surface area contributed by atoms with Crippen LogP contribution in [0.1, 0.15) is 34.5 Å². The molecular formula is C26H31N3O4S. The predicted molar refractivity (Wildman–Crippen MR) is 135 cm³/mol. The van der Waals surface area contributed by atoms with Crippen LogP contribution in [0.2, 0.25) is 0 Å². The summed E-state index contributed by atoms with van der Waals surface area (Å²) < 4.78 is 33.6. The largest absolute Gasteiger partial charge is 0.495 e. The topological polar surface area (TPSA) is 87.7 Å². The molecule has 0 aliphatic rings. The molecule has 0 saturated carbocycles. The molecule has 0 saturated heterocycles. The lowest BCUT2D eigenvalue weighted by molar-refractivity contribution is 0.0941. The molecule has 3 aromatic rings. The fourth-order valence-corrected chi connectivity index (χ4v) is 4.72. The highest BCUT2D eigenvalue weighted by molar-refractivity contribution is 7.92. The van der Waals surface area contributed by atoms with E-state index in [9.17, 15) is 13.2 Å². The van der Waals surface area contributed by atoms with Crippen LogP contribution in [0.5, 0.6) is 5.75 Å². The molecular weight excluding hydrogens is 450 g/mol. The lowest BCUT2D eigenvalue weighted by Crippen LogP contribution is -2.34. The number of hydrogen-bond acceptors (Lipinski definition) is 5. The standard InChI is InChI=1S/C26H31N3O4S/c1-5-19-13-15-20(16-14-19)24(29(2)3)18-27-26(30)21-9-8-10-22(17-21)34(31,32)28-23-11-6-7-12-25(23)33-4/h6-17,24,28H,5,18H2,1-4H3,(H,27,30)/t24-/m0/s1. The van der Waals surface area contributed by atoms with E-state index in [1.165, 1.54) is 24.8 Å². The van der Waals surface area contributed by atoms with Crippen molar-refractivity contribution >= 4 is 21.6 Å². The minimum atomic E-state index is -3.91. The van der Waals surface area contributed by atoms with E-state index in [-0.39, 0.29) is 22.4 Å². The highest BCUT2D eigenvalue weighted by Gasteiger charge is 2.20.